The van der Waals surface area contributed by atoms with E-state index >= 15 is 0 Å². The van der Waals surface area contributed by atoms with Crippen LogP contribution in [0.5, 0.6) is 0 Å². The Kier molecular flexibility index (Phi) is 16.9. The van der Waals surface area contributed by atoms with E-state index in [4.69, 9.17) is 14.2 Å². The van der Waals surface area contributed by atoms with Crippen molar-refractivity contribution in [2.24, 2.45) is 5.41 Å². The summed E-state index contributed by atoms with van der Waals surface area (Å²) in [6.45, 7) is 12.6. The summed E-state index contributed by atoms with van der Waals surface area (Å²) in [5, 5.41) is 9.48. The number of unbranched alkanes of at least 4 members (excludes halogenated alkanes) is 3. The van der Waals surface area contributed by atoms with Crippen LogP contribution in [0.15, 0.2) is 38.0 Å². The molecule has 0 spiro atoms. The van der Waals surface area contributed by atoms with E-state index in [2.05, 4.69) is 33.6 Å². The monoisotopic (exact) mass is 384 g/mol. The van der Waals surface area contributed by atoms with Crippen LogP contribution in [0.2, 0.25) is 0 Å². The molecule has 0 bridgehead atoms. The zero-order chi connectivity index (χ0) is 21.1. The third-order valence-corrected chi connectivity index (χ3v) is 3.35. The van der Waals surface area contributed by atoms with E-state index < -0.39 is 29.9 Å². The zero-order valence-electron chi connectivity index (χ0n) is 16.4. The first kappa shape index (κ1) is 26.8. The molecule has 0 aliphatic heterocycles. The Morgan fingerprint density at radius 2 is 1.07 bits per heavy atom. The van der Waals surface area contributed by atoms with Crippen molar-refractivity contribution in [1.82, 2.24) is 0 Å². The standard InChI is InChI=1S/C14H18O7.C6H14/c1-4-11(16)19-8-14(7-15,9-20-12(17)5-2)10-21-13(18)6-3;1-3-5-6-4-2/h4-6,15H,1-3,7-10H2;3-6H2,1-2H3. The molecule has 0 aliphatic rings. The van der Waals surface area contributed by atoms with Gasteiger partial charge in [0.1, 0.15) is 19.8 Å². The molecule has 0 atom stereocenters. The number of aliphatic hydroxyl groups is 1. The molecule has 0 heterocycles. The summed E-state index contributed by atoms with van der Waals surface area (Å²) in [6, 6.07) is 0. The van der Waals surface area contributed by atoms with Crippen molar-refractivity contribution >= 4 is 17.9 Å². The van der Waals surface area contributed by atoms with Crippen molar-refractivity contribution in [3.63, 3.8) is 0 Å². The second-order valence-electron chi connectivity index (χ2n) is 5.80. The Hall–Kier alpha value is -2.41. The first-order valence-electron chi connectivity index (χ1n) is 8.83. The van der Waals surface area contributed by atoms with E-state index in [1.165, 1.54) is 25.7 Å². The second kappa shape index (κ2) is 17.0. The number of esters is 3. The Bertz CT molecular complexity index is 419. The molecular weight excluding hydrogens is 352 g/mol. The number of aliphatic hydroxyl groups excluding tert-OH is 1. The van der Waals surface area contributed by atoms with E-state index in [1.54, 1.807) is 0 Å². The van der Waals surface area contributed by atoms with Crippen LogP contribution in [0.25, 0.3) is 0 Å². The maximum Gasteiger partial charge on any atom is 0.330 e. The maximum absolute atomic E-state index is 11.1. The fourth-order valence-corrected chi connectivity index (χ4v) is 1.61. The van der Waals surface area contributed by atoms with E-state index in [-0.39, 0.29) is 19.8 Å². The molecule has 0 saturated heterocycles. The summed E-state index contributed by atoms with van der Waals surface area (Å²) in [7, 11) is 0. The third-order valence-electron chi connectivity index (χ3n) is 3.35. The van der Waals surface area contributed by atoms with Crippen LogP contribution in [-0.4, -0.2) is 49.4 Å². The molecule has 27 heavy (non-hydrogen) atoms. The predicted octanol–water partition coefficient (Wildman–Crippen LogP) is 2.74. The first-order valence-corrected chi connectivity index (χ1v) is 8.83. The molecule has 0 aromatic carbocycles. The van der Waals surface area contributed by atoms with Gasteiger partial charge in [0.05, 0.1) is 12.0 Å². The Morgan fingerprint density at radius 1 is 0.778 bits per heavy atom. The summed E-state index contributed by atoms with van der Waals surface area (Å²) < 4.78 is 14.5. The Morgan fingerprint density at radius 3 is 1.26 bits per heavy atom. The zero-order valence-corrected chi connectivity index (χ0v) is 16.4. The van der Waals surface area contributed by atoms with Gasteiger partial charge in [-0.15, -0.1) is 0 Å². The molecule has 7 heteroatoms. The minimum absolute atomic E-state index is 0.330. The predicted molar refractivity (Wildman–Crippen MR) is 103 cm³/mol. The lowest BCUT2D eigenvalue weighted by Gasteiger charge is -2.29. The van der Waals surface area contributed by atoms with Gasteiger partial charge in [0.25, 0.3) is 0 Å². The Balaban J connectivity index is 0. The van der Waals surface area contributed by atoms with E-state index in [1.807, 2.05) is 0 Å². The van der Waals surface area contributed by atoms with Crippen molar-refractivity contribution in [3.05, 3.63) is 38.0 Å². The molecule has 0 aromatic rings. The van der Waals surface area contributed by atoms with Gasteiger partial charge in [0.2, 0.25) is 0 Å². The van der Waals surface area contributed by atoms with Crippen LogP contribution in [0.1, 0.15) is 39.5 Å². The summed E-state index contributed by atoms with van der Waals surface area (Å²) in [4.78, 5) is 33.3. The minimum atomic E-state index is -1.28. The Labute approximate surface area is 161 Å². The third kappa shape index (κ3) is 14.4. The summed E-state index contributed by atoms with van der Waals surface area (Å²) in [5.41, 5.74) is -1.28. The van der Waals surface area contributed by atoms with Gasteiger partial charge < -0.3 is 19.3 Å². The summed E-state index contributed by atoms with van der Waals surface area (Å²) in [5.74, 6) is -2.17. The van der Waals surface area contributed by atoms with Crippen molar-refractivity contribution in [3.8, 4) is 0 Å². The molecule has 0 aromatic heterocycles. The average Bonchev–Trinajstić information content (AvgIpc) is 2.71. The normalized spacial score (nSPS) is 9.89. The van der Waals surface area contributed by atoms with Crippen LogP contribution < -0.4 is 0 Å². The fraction of sp³-hybridized carbons (Fsp3) is 0.550. The molecule has 7 nitrogen and oxygen atoms in total. The van der Waals surface area contributed by atoms with Crippen molar-refractivity contribution in [1.29, 1.82) is 0 Å². The second-order valence-corrected chi connectivity index (χ2v) is 5.80. The number of hydrogen-bond donors (Lipinski definition) is 1. The van der Waals surface area contributed by atoms with Crippen molar-refractivity contribution in [2.75, 3.05) is 26.4 Å². The summed E-state index contributed by atoms with van der Waals surface area (Å²) in [6.07, 6.45) is 8.35. The molecule has 0 radical (unpaired) electrons. The lowest BCUT2D eigenvalue weighted by atomic mass is 9.92. The number of hydrogen-bond acceptors (Lipinski definition) is 7. The van der Waals surface area contributed by atoms with Crippen molar-refractivity contribution in [2.45, 2.75) is 39.5 Å². The number of carbonyl (C=O) groups is 3. The smallest absolute Gasteiger partial charge is 0.330 e. The van der Waals surface area contributed by atoms with Gasteiger partial charge in [0.15, 0.2) is 0 Å². The molecule has 0 unspecified atom stereocenters. The molecule has 0 amide bonds. The van der Waals surface area contributed by atoms with E-state index in [0.29, 0.717) is 0 Å². The van der Waals surface area contributed by atoms with Crippen LogP contribution >= 0.6 is 0 Å². The average molecular weight is 384 g/mol. The highest BCUT2D eigenvalue weighted by atomic mass is 16.6. The largest absolute Gasteiger partial charge is 0.462 e. The maximum atomic E-state index is 11.1. The number of rotatable bonds is 13. The van der Waals surface area contributed by atoms with Crippen LogP contribution in [0.3, 0.4) is 0 Å². The van der Waals surface area contributed by atoms with Gasteiger partial charge >= 0.3 is 17.9 Å². The molecule has 154 valence electrons. The minimum Gasteiger partial charge on any atom is -0.462 e. The summed E-state index contributed by atoms with van der Waals surface area (Å²) >= 11 is 0. The highest BCUT2D eigenvalue weighted by Crippen LogP contribution is 2.19. The SMILES string of the molecule is C=CC(=O)OCC(CO)(COC(=O)C=C)COC(=O)C=C.CCCCCC. The quantitative estimate of drug-likeness (QED) is 0.226. The molecule has 0 aliphatic carbocycles. The van der Waals surface area contributed by atoms with Gasteiger partial charge in [-0.3, -0.25) is 0 Å². The molecule has 0 rings (SSSR count). The van der Waals surface area contributed by atoms with Gasteiger partial charge in [-0.2, -0.15) is 0 Å². The highest BCUT2D eigenvalue weighted by Gasteiger charge is 2.35. The van der Waals surface area contributed by atoms with Crippen LogP contribution in [-0.2, 0) is 28.6 Å². The van der Waals surface area contributed by atoms with Gasteiger partial charge in [-0.1, -0.05) is 59.3 Å². The fourth-order valence-electron chi connectivity index (χ4n) is 1.61. The van der Waals surface area contributed by atoms with E-state index in [0.717, 1.165) is 18.2 Å². The lowest BCUT2D eigenvalue weighted by molar-refractivity contribution is -0.159. The van der Waals surface area contributed by atoms with Crippen LogP contribution in [0, 0.1) is 5.41 Å². The molecule has 1 N–H and O–H groups in total. The van der Waals surface area contributed by atoms with Gasteiger partial charge in [-0.25, -0.2) is 14.4 Å². The first-order chi connectivity index (χ1) is 12.8. The van der Waals surface area contributed by atoms with E-state index in [9.17, 15) is 19.5 Å². The van der Waals surface area contributed by atoms with Gasteiger partial charge in [0, 0.05) is 18.2 Å². The van der Waals surface area contributed by atoms with Crippen molar-refractivity contribution < 1.29 is 33.7 Å². The van der Waals surface area contributed by atoms with Gasteiger partial charge in [-0.05, 0) is 0 Å². The molecule has 0 saturated carbocycles. The lowest BCUT2D eigenvalue weighted by Crippen LogP contribution is -2.42. The molecule has 0 fully saturated rings. The molecular formula is C20H32O7. The topological polar surface area (TPSA) is 99.1 Å². The number of carbonyl (C=O) groups excluding carboxylic acids is 3. The highest BCUT2D eigenvalue weighted by molar-refractivity contribution is 5.82. The number of ether oxygens (including phenoxy) is 3. The van der Waals surface area contributed by atoms with Crippen LogP contribution in [0.4, 0.5) is 0 Å².